The summed E-state index contributed by atoms with van der Waals surface area (Å²) in [5.74, 6) is 0.0594. The van der Waals surface area contributed by atoms with E-state index in [1.54, 1.807) is 18.2 Å². The Kier molecular flexibility index (Phi) is 4.40. The van der Waals surface area contributed by atoms with Gasteiger partial charge in [-0.05, 0) is 39.2 Å². The van der Waals surface area contributed by atoms with Crippen molar-refractivity contribution in [2.24, 2.45) is 0 Å². The lowest BCUT2D eigenvalue weighted by molar-refractivity contribution is 0.00578. The van der Waals surface area contributed by atoms with E-state index in [9.17, 15) is 9.90 Å². The van der Waals surface area contributed by atoms with Crippen molar-refractivity contribution in [3.05, 3.63) is 23.8 Å². The summed E-state index contributed by atoms with van der Waals surface area (Å²) in [6, 6.07) is 5.00. The van der Waals surface area contributed by atoms with E-state index < -0.39 is 24.4 Å². The molecule has 1 aliphatic heterocycles. The van der Waals surface area contributed by atoms with Crippen molar-refractivity contribution in [1.82, 2.24) is 5.32 Å². The number of amides is 1. The smallest absolute Gasteiger partial charge is 0.494 e. The van der Waals surface area contributed by atoms with Crippen LogP contribution < -0.4 is 10.8 Å². The highest BCUT2D eigenvalue weighted by Crippen LogP contribution is 2.36. The number of aromatic hydroxyl groups is 1. The number of hydrogen-bond donors (Lipinski definition) is 2. The van der Waals surface area contributed by atoms with E-state index in [2.05, 4.69) is 5.32 Å². The Morgan fingerprint density at radius 2 is 1.86 bits per heavy atom. The highest BCUT2D eigenvalue weighted by atomic mass is 16.7. The fourth-order valence-electron chi connectivity index (χ4n) is 2.06. The molecule has 1 aromatic carbocycles. The molecule has 0 bridgehead atoms. The van der Waals surface area contributed by atoms with Crippen molar-refractivity contribution < 1.29 is 23.9 Å². The van der Waals surface area contributed by atoms with Gasteiger partial charge < -0.3 is 24.5 Å². The number of rotatable bonds is 3. The average Bonchev–Trinajstić information content (AvgIpc) is 2.66. The SMILES string of the molecule is CNC(=O)OCc1cc(B2OC(C)(C)C(C)(C)O2)ccc1O. The minimum atomic E-state index is -0.555. The van der Waals surface area contributed by atoms with Crippen LogP contribution in [-0.4, -0.2) is 36.6 Å². The second-order valence-electron chi connectivity index (χ2n) is 6.30. The average molecular weight is 307 g/mol. The van der Waals surface area contributed by atoms with E-state index >= 15 is 0 Å². The predicted octanol–water partition coefficient (Wildman–Crippen LogP) is 1.55. The van der Waals surface area contributed by atoms with Crippen LogP contribution in [0.2, 0.25) is 0 Å². The number of carbonyl (C=O) groups excluding carboxylic acids is 1. The molecule has 2 N–H and O–H groups in total. The normalized spacial score (nSPS) is 19.0. The molecule has 2 rings (SSSR count). The molecular weight excluding hydrogens is 285 g/mol. The standard InChI is InChI=1S/C15H22BNO5/c1-14(2)15(3,4)22-16(21-14)11-6-7-12(18)10(8-11)9-20-13(19)17-5/h6-8,18H,9H2,1-5H3,(H,17,19). The van der Waals surface area contributed by atoms with Gasteiger partial charge in [-0.25, -0.2) is 4.79 Å². The van der Waals surface area contributed by atoms with E-state index in [1.165, 1.54) is 7.05 Å². The summed E-state index contributed by atoms with van der Waals surface area (Å²) in [4.78, 5) is 11.1. The van der Waals surface area contributed by atoms with Gasteiger partial charge in [-0.1, -0.05) is 12.1 Å². The summed E-state index contributed by atoms with van der Waals surface area (Å²) in [5, 5.41) is 12.2. The van der Waals surface area contributed by atoms with Crippen molar-refractivity contribution in [2.75, 3.05) is 7.05 Å². The highest BCUT2D eigenvalue weighted by molar-refractivity contribution is 6.62. The Morgan fingerprint density at radius 1 is 1.27 bits per heavy atom. The number of ether oxygens (including phenoxy) is 1. The molecule has 0 spiro atoms. The third-order valence-electron chi connectivity index (χ3n) is 4.19. The summed E-state index contributed by atoms with van der Waals surface area (Å²) in [6.45, 7) is 7.87. The second kappa shape index (κ2) is 5.81. The predicted molar refractivity (Wildman–Crippen MR) is 83.1 cm³/mol. The minimum Gasteiger partial charge on any atom is -0.508 e. The van der Waals surface area contributed by atoms with Crippen molar-refractivity contribution in [3.8, 4) is 5.75 Å². The van der Waals surface area contributed by atoms with Gasteiger partial charge in [0.25, 0.3) is 0 Å². The first-order chi connectivity index (χ1) is 10.2. The van der Waals surface area contributed by atoms with Gasteiger partial charge in [0.2, 0.25) is 0 Å². The van der Waals surface area contributed by atoms with Crippen molar-refractivity contribution in [3.63, 3.8) is 0 Å². The Morgan fingerprint density at radius 3 is 2.41 bits per heavy atom. The zero-order valence-corrected chi connectivity index (χ0v) is 13.6. The Hall–Kier alpha value is -1.73. The van der Waals surface area contributed by atoms with Gasteiger partial charge in [0.05, 0.1) is 11.2 Å². The number of alkyl carbamates (subject to hydrolysis) is 1. The number of hydrogen-bond acceptors (Lipinski definition) is 5. The van der Waals surface area contributed by atoms with Crippen LogP contribution in [0.15, 0.2) is 18.2 Å². The summed E-state index contributed by atoms with van der Waals surface area (Å²) in [5.41, 5.74) is 0.394. The molecule has 7 heteroatoms. The van der Waals surface area contributed by atoms with Crippen LogP contribution >= 0.6 is 0 Å². The van der Waals surface area contributed by atoms with Crippen LogP contribution in [0.4, 0.5) is 4.79 Å². The number of benzene rings is 1. The summed E-state index contributed by atoms with van der Waals surface area (Å²) in [6.07, 6.45) is -0.555. The summed E-state index contributed by atoms with van der Waals surface area (Å²) >= 11 is 0. The first-order valence-electron chi connectivity index (χ1n) is 7.18. The van der Waals surface area contributed by atoms with E-state index in [0.29, 0.717) is 5.56 Å². The Bertz CT molecular complexity index is 557. The highest BCUT2D eigenvalue weighted by Gasteiger charge is 2.51. The molecule has 1 fully saturated rings. The van der Waals surface area contributed by atoms with Crippen LogP contribution in [-0.2, 0) is 20.7 Å². The molecule has 0 atom stereocenters. The van der Waals surface area contributed by atoms with Crippen molar-refractivity contribution in [1.29, 1.82) is 0 Å². The molecule has 1 heterocycles. The van der Waals surface area contributed by atoms with Crippen LogP contribution in [0.3, 0.4) is 0 Å². The maximum atomic E-state index is 11.1. The molecule has 0 unspecified atom stereocenters. The molecule has 120 valence electrons. The quantitative estimate of drug-likeness (QED) is 0.829. The lowest BCUT2D eigenvalue weighted by atomic mass is 9.78. The van der Waals surface area contributed by atoms with Gasteiger partial charge in [-0.3, -0.25) is 0 Å². The first-order valence-corrected chi connectivity index (χ1v) is 7.18. The Labute approximate surface area is 130 Å². The van der Waals surface area contributed by atoms with E-state index in [4.69, 9.17) is 14.0 Å². The molecule has 0 aliphatic carbocycles. The third kappa shape index (κ3) is 3.20. The van der Waals surface area contributed by atoms with Gasteiger partial charge in [0.15, 0.2) is 0 Å². The molecule has 1 saturated heterocycles. The fourth-order valence-corrected chi connectivity index (χ4v) is 2.06. The molecule has 6 nitrogen and oxygen atoms in total. The number of phenols is 1. The summed E-state index contributed by atoms with van der Waals surface area (Å²) < 4.78 is 16.9. The maximum Gasteiger partial charge on any atom is 0.494 e. The van der Waals surface area contributed by atoms with Crippen LogP contribution in [0.5, 0.6) is 5.75 Å². The van der Waals surface area contributed by atoms with Gasteiger partial charge in [-0.15, -0.1) is 0 Å². The monoisotopic (exact) mass is 307 g/mol. The largest absolute Gasteiger partial charge is 0.508 e. The molecule has 1 amide bonds. The summed E-state index contributed by atoms with van der Waals surface area (Å²) in [7, 11) is 0.951. The van der Waals surface area contributed by atoms with Crippen LogP contribution in [0.1, 0.15) is 33.3 Å². The third-order valence-corrected chi connectivity index (χ3v) is 4.19. The molecule has 1 aromatic rings. The van der Waals surface area contributed by atoms with Gasteiger partial charge in [0.1, 0.15) is 12.4 Å². The lowest BCUT2D eigenvalue weighted by Gasteiger charge is -2.32. The molecular formula is C15H22BNO5. The van der Waals surface area contributed by atoms with Gasteiger partial charge in [-0.2, -0.15) is 0 Å². The number of carbonyl (C=O) groups is 1. The zero-order valence-electron chi connectivity index (χ0n) is 13.6. The number of phenolic OH excluding ortho intramolecular Hbond substituents is 1. The van der Waals surface area contributed by atoms with Gasteiger partial charge >= 0.3 is 13.2 Å². The lowest BCUT2D eigenvalue weighted by Crippen LogP contribution is -2.41. The van der Waals surface area contributed by atoms with Crippen LogP contribution in [0, 0.1) is 0 Å². The number of nitrogens with one attached hydrogen (secondary N) is 1. The molecule has 1 aliphatic rings. The molecule has 0 saturated carbocycles. The molecule has 0 radical (unpaired) electrons. The topological polar surface area (TPSA) is 77.0 Å². The fraction of sp³-hybridized carbons (Fsp3) is 0.533. The van der Waals surface area contributed by atoms with Gasteiger partial charge in [0, 0.05) is 12.6 Å². The van der Waals surface area contributed by atoms with E-state index in [0.717, 1.165) is 5.46 Å². The molecule has 22 heavy (non-hydrogen) atoms. The van der Waals surface area contributed by atoms with E-state index in [1.807, 2.05) is 27.7 Å². The zero-order chi connectivity index (χ0) is 16.5. The van der Waals surface area contributed by atoms with E-state index in [-0.39, 0.29) is 12.4 Å². The first kappa shape index (κ1) is 16.6. The Balaban J connectivity index is 2.18. The maximum absolute atomic E-state index is 11.1. The minimum absolute atomic E-state index is 0.0289. The second-order valence-corrected chi connectivity index (χ2v) is 6.30. The molecule has 0 aromatic heterocycles. The van der Waals surface area contributed by atoms with Crippen molar-refractivity contribution in [2.45, 2.75) is 45.5 Å². The van der Waals surface area contributed by atoms with Crippen molar-refractivity contribution >= 4 is 18.7 Å². The van der Waals surface area contributed by atoms with Crippen LogP contribution in [0.25, 0.3) is 0 Å².